The van der Waals surface area contributed by atoms with Gasteiger partial charge < -0.3 is 0 Å². The standard InChI is InChI=1S/C15H9NOS/c1-8-16-13-6-12-11(7-14(13)18-8)9-4-2-3-5-10(9)15(12)17/h2-7H,1H3. The minimum absolute atomic E-state index is 0.119. The molecule has 0 saturated carbocycles. The summed E-state index contributed by atoms with van der Waals surface area (Å²) in [4.78, 5) is 16.8. The van der Waals surface area contributed by atoms with Crippen molar-refractivity contribution in [2.24, 2.45) is 0 Å². The second-order valence-electron chi connectivity index (χ2n) is 4.47. The first kappa shape index (κ1) is 9.97. The molecule has 0 spiro atoms. The fourth-order valence-corrected chi connectivity index (χ4v) is 3.41. The Hall–Kier alpha value is -2.00. The molecule has 0 bridgehead atoms. The molecule has 1 aromatic heterocycles. The summed E-state index contributed by atoms with van der Waals surface area (Å²) < 4.78 is 1.15. The highest BCUT2D eigenvalue weighted by atomic mass is 32.1. The van der Waals surface area contributed by atoms with Crippen LogP contribution >= 0.6 is 11.3 Å². The van der Waals surface area contributed by atoms with Gasteiger partial charge in [0.25, 0.3) is 0 Å². The number of aromatic nitrogens is 1. The fourth-order valence-electron chi connectivity index (χ4n) is 2.56. The van der Waals surface area contributed by atoms with Crippen LogP contribution < -0.4 is 0 Å². The number of ketones is 1. The average molecular weight is 251 g/mol. The summed E-state index contributed by atoms with van der Waals surface area (Å²) in [5.41, 5.74) is 4.62. The molecule has 1 aliphatic rings. The van der Waals surface area contributed by atoms with E-state index in [-0.39, 0.29) is 5.78 Å². The van der Waals surface area contributed by atoms with Gasteiger partial charge in [-0.3, -0.25) is 4.79 Å². The maximum atomic E-state index is 12.3. The van der Waals surface area contributed by atoms with Crippen molar-refractivity contribution < 1.29 is 4.79 Å². The Morgan fingerprint density at radius 3 is 2.61 bits per heavy atom. The van der Waals surface area contributed by atoms with Crippen LogP contribution in [-0.2, 0) is 0 Å². The molecule has 0 N–H and O–H groups in total. The number of fused-ring (bicyclic) bond motifs is 4. The first-order valence-corrected chi connectivity index (χ1v) is 6.61. The third kappa shape index (κ3) is 1.17. The zero-order valence-corrected chi connectivity index (χ0v) is 10.5. The number of hydrogen-bond donors (Lipinski definition) is 0. The van der Waals surface area contributed by atoms with Crippen molar-refractivity contribution >= 4 is 27.3 Å². The third-order valence-electron chi connectivity index (χ3n) is 3.34. The second kappa shape index (κ2) is 3.27. The molecule has 2 nitrogen and oxygen atoms in total. The largest absolute Gasteiger partial charge is 0.289 e. The summed E-state index contributed by atoms with van der Waals surface area (Å²) in [5, 5.41) is 1.04. The van der Waals surface area contributed by atoms with Crippen molar-refractivity contribution in [3.63, 3.8) is 0 Å². The van der Waals surface area contributed by atoms with Gasteiger partial charge in [-0.25, -0.2) is 4.98 Å². The van der Waals surface area contributed by atoms with Gasteiger partial charge in [-0.15, -0.1) is 11.3 Å². The van der Waals surface area contributed by atoms with E-state index in [9.17, 15) is 4.79 Å². The number of benzene rings is 2. The van der Waals surface area contributed by atoms with Crippen LogP contribution in [-0.4, -0.2) is 10.8 Å². The van der Waals surface area contributed by atoms with Crippen molar-refractivity contribution in [2.75, 3.05) is 0 Å². The molecule has 1 heterocycles. The van der Waals surface area contributed by atoms with E-state index in [1.165, 1.54) is 0 Å². The van der Waals surface area contributed by atoms with Crippen LogP contribution in [0.5, 0.6) is 0 Å². The molecule has 0 aliphatic heterocycles. The number of carbonyl (C=O) groups is 1. The smallest absolute Gasteiger partial charge is 0.194 e. The number of hydrogen-bond acceptors (Lipinski definition) is 3. The maximum Gasteiger partial charge on any atom is 0.194 e. The Kier molecular flexibility index (Phi) is 1.81. The summed E-state index contributed by atoms with van der Waals surface area (Å²) in [6, 6.07) is 11.8. The van der Waals surface area contributed by atoms with E-state index in [0.717, 1.165) is 37.5 Å². The minimum Gasteiger partial charge on any atom is -0.289 e. The number of nitrogens with zero attached hydrogens (tertiary/aromatic N) is 1. The van der Waals surface area contributed by atoms with E-state index in [4.69, 9.17) is 0 Å². The first-order chi connectivity index (χ1) is 8.74. The van der Waals surface area contributed by atoms with Gasteiger partial charge in [0.2, 0.25) is 0 Å². The Morgan fingerprint density at radius 2 is 1.78 bits per heavy atom. The van der Waals surface area contributed by atoms with Crippen molar-refractivity contribution in [3.8, 4) is 11.1 Å². The molecule has 0 fully saturated rings. The van der Waals surface area contributed by atoms with E-state index in [1.807, 2.05) is 37.3 Å². The van der Waals surface area contributed by atoms with Crippen LogP contribution in [0.25, 0.3) is 21.3 Å². The molecular formula is C15H9NOS. The molecule has 3 heteroatoms. The number of rotatable bonds is 0. The monoisotopic (exact) mass is 251 g/mol. The highest BCUT2D eigenvalue weighted by Crippen LogP contribution is 2.39. The topological polar surface area (TPSA) is 30.0 Å². The fraction of sp³-hybridized carbons (Fsp3) is 0.0667. The molecule has 3 aromatic rings. The summed E-state index contributed by atoms with van der Waals surface area (Å²) in [7, 11) is 0. The molecule has 18 heavy (non-hydrogen) atoms. The molecule has 0 saturated heterocycles. The molecule has 1 aliphatic carbocycles. The van der Waals surface area contributed by atoms with Crippen LogP contribution in [0.4, 0.5) is 0 Å². The third-order valence-corrected chi connectivity index (χ3v) is 4.27. The molecule has 0 amide bonds. The van der Waals surface area contributed by atoms with E-state index in [2.05, 4.69) is 11.1 Å². The van der Waals surface area contributed by atoms with Gasteiger partial charge in [-0.05, 0) is 30.2 Å². The zero-order chi connectivity index (χ0) is 12.3. The predicted molar refractivity (Wildman–Crippen MR) is 73.2 cm³/mol. The van der Waals surface area contributed by atoms with Crippen molar-refractivity contribution in [1.82, 2.24) is 4.98 Å². The Balaban J connectivity index is 2.13. The second-order valence-corrected chi connectivity index (χ2v) is 5.71. The van der Waals surface area contributed by atoms with Crippen molar-refractivity contribution in [3.05, 3.63) is 52.5 Å². The van der Waals surface area contributed by atoms with E-state index >= 15 is 0 Å². The van der Waals surface area contributed by atoms with Crippen LogP contribution in [0.3, 0.4) is 0 Å². The molecule has 4 rings (SSSR count). The minimum atomic E-state index is 0.119. The van der Waals surface area contributed by atoms with Gasteiger partial charge in [0.15, 0.2) is 5.78 Å². The zero-order valence-electron chi connectivity index (χ0n) is 9.73. The lowest BCUT2D eigenvalue weighted by atomic mass is 10.1. The maximum absolute atomic E-state index is 12.3. The van der Waals surface area contributed by atoms with E-state index in [1.54, 1.807) is 11.3 Å². The number of carbonyl (C=O) groups excluding carboxylic acids is 1. The van der Waals surface area contributed by atoms with Gasteiger partial charge >= 0.3 is 0 Å². The lowest BCUT2D eigenvalue weighted by Gasteiger charge is -1.98. The summed E-state index contributed by atoms with van der Waals surface area (Å²) in [6.07, 6.45) is 0. The van der Waals surface area contributed by atoms with Crippen LogP contribution in [0, 0.1) is 6.92 Å². The molecule has 0 unspecified atom stereocenters. The van der Waals surface area contributed by atoms with E-state index < -0.39 is 0 Å². The summed E-state index contributed by atoms with van der Waals surface area (Å²) in [5.74, 6) is 0.119. The van der Waals surface area contributed by atoms with E-state index in [0.29, 0.717) is 0 Å². The van der Waals surface area contributed by atoms with Gasteiger partial charge in [0.1, 0.15) is 0 Å². The van der Waals surface area contributed by atoms with Crippen LogP contribution in [0.1, 0.15) is 20.9 Å². The normalized spacial score (nSPS) is 12.8. The number of aryl methyl sites for hydroxylation is 1. The molecule has 2 aromatic carbocycles. The first-order valence-electron chi connectivity index (χ1n) is 5.79. The SMILES string of the molecule is Cc1nc2cc3c(cc2s1)-c1ccccc1C3=O. The molecule has 86 valence electrons. The van der Waals surface area contributed by atoms with Crippen molar-refractivity contribution in [2.45, 2.75) is 6.92 Å². The quantitative estimate of drug-likeness (QED) is 0.475. The Morgan fingerprint density at radius 1 is 1.00 bits per heavy atom. The van der Waals surface area contributed by atoms with Gasteiger partial charge in [0, 0.05) is 11.1 Å². The number of thiazole rings is 1. The summed E-state index contributed by atoms with van der Waals surface area (Å²) in [6.45, 7) is 1.99. The average Bonchev–Trinajstić information content (AvgIpc) is 2.86. The molecular weight excluding hydrogens is 242 g/mol. The molecule has 0 radical (unpaired) electrons. The highest BCUT2D eigenvalue weighted by Gasteiger charge is 2.27. The lowest BCUT2D eigenvalue weighted by Crippen LogP contribution is -1.94. The van der Waals surface area contributed by atoms with Gasteiger partial charge in [-0.2, -0.15) is 0 Å². The van der Waals surface area contributed by atoms with Gasteiger partial charge in [-0.1, -0.05) is 24.3 Å². The lowest BCUT2D eigenvalue weighted by molar-refractivity contribution is 0.104. The Labute approximate surface area is 108 Å². The van der Waals surface area contributed by atoms with Crippen LogP contribution in [0.2, 0.25) is 0 Å². The predicted octanol–water partition coefficient (Wildman–Crippen LogP) is 3.82. The van der Waals surface area contributed by atoms with Crippen LogP contribution in [0.15, 0.2) is 36.4 Å². The Bertz CT molecular complexity index is 816. The van der Waals surface area contributed by atoms with Gasteiger partial charge in [0.05, 0.1) is 15.2 Å². The molecule has 0 atom stereocenters. The summed E-state index contributed by atoms with van der Waals surface area (Å²) >= 11 is 1.67. The highest BCUT2D eigenvalue weighted by molar-refractivity contribution is 7.18. The van der Waals surface area contributed by atoms with Crippen molar-refractivity contribution in [1.29, 1.82) is 0 Å².